The van der Waals surface area contributed by atoms with E-state index in [-0.39, 0.29) is 18.9 Å². The molecule has 1 aromatic heterocycles. The highest BCUT2D eigenvalue weighted by Crippen LogP contribution is 2.00. The van der Waals surface area contributed by atoms with Gasteiger partial charge in [-0.3, -0.25) is 9.48 Å². The van der Waals surface area contributed by atoms with E-state index in [4.69, 9.17) is 5.11 Å². The van der Waals surface area contributed by atoms with Gasteiger partial charge >= 0.3 is 5.97 Å². The zero-order chi connectivity index (χ0) is 12.9. The summed E-state index contributed by atoms with van der Waals surface area (Å²) in [6.07, 6.45) is 3.24. The van der Waals surface area contributed by atoms with Crippen molar-refractivity contribution in [3.63, 3.8) is 0 Å². The molecule has 1 aromatic rings. The second-order valence-electron chi connectivity index (χ2n) is 3.77. The Kier molecular flexibility index (Phi) is 4.16. The first-order valence-electron chi connectivity index (χ1n) is 4.98. The Morgan fingerprint density at radius 3 is 2.76 bits per heavy atom. The van der Waals surface area contributed by atoms with Crippen LogP contribution in [0.2, 0.25) is 0 Å². The molecule has 8 heteroatoms. The van der Waals surface area contributed by atoms with Crippen LogP contribution in [0, 0.1) is 0 Å². The first kappa shape index (κ1) is 13.1. The third-order valence-corrected chi connectivity index (χ3v) is 2.13. The fourth-order valence-electron chi connectivity index (χ4n) is 1.00. The summed E-state index contributed by atoms with van der Waals surface area (Å²) in [5, 5.41) is 27.5. The highest BCUT2D eigenvalue weighted by molar-refractivity contribution is 5.80. The van der Waals surface area contributed by atoms with Crippen molar-refractivity contribution in [3.8, 4) is 0 Å². The van der Waals surface area contributed by atoms with E-state index in [1.165, 1.54) is 10.9 Å². The number of amides is 1. The van der Waals surface area contributed by atoms with Crippen LogP contribution in [0.3, 0.4) is 0 Å². The van der Waals surface area contributed by atoms with E-state index >= 15 is 0 Å². The maximum absolute atomic E-state index is 11.3. The zero-order valence-corrected chi connectivity index (χ0v) is 9.33. The van der Waals surface area contributed by atoms with Crippen molar-refractivity contribution in [2.75, 3.05) is 6.54 Å². The van der Waals surface area contributed by atoms with E-state index < -0.39 is 11.6 Å². The number of rotatable bonds is 6. The molecule has 0 aromatic carbocycles. The van der Waals surface area contributed by atoms with Crippen molar-refractivity contribution in [2.45, 2.75) is 25.5 Å². The van der Waals surface area contributed by atoms with Gasteiger partial charge in [0, 0.05) is 12.6 Å². The molecule has 0 radical (unpaired) electrons. The summed E-state index contributed by atoms with van der Waals surface area (Å²) in [6, 6.07) is 0. The Morgan fingerprint density at radius 2 is 2.24 bits per heavy atom. The molecule has 17 heavy (non-hydrogen) atoms. The Hall–Kier alpha value is -1.96. The summed E-state index contributed by atoms with van der Waals surface area (Å²) in [5.74, 6) is -1.74. The molecule has 0 spiro atoms. The number of carbonyl (C=O) groups is 2. The van der Waals surface area contributed by atoms with Crippen LogP contribution in [0.4, 0.5) is 0 Å². The van der Waals surface area contributed by atoms with E-state index in [0.717, 1.165) is 6.92 Å². The summed E-state index contributed by atoms with van der Waals surface area (Å²) in [7, 11) is 0. The number of aliphatic hydroxyl groups is 1. The van der Waals surface area contributed by atoms with Crippen LogP contribution >= 0.6 is 0 Å². The van der Waals surface area contributed by atoms with Crippen LogP contribution in [-0.4, -0.2) is 49.2 Å². The van der Waals surface area contributed by atoms with Gasteiger partial charge in [0.2, 0.25) is 5.91 Å². The topological polar surface area (TPSA) is 117 Å². The molecule has 1 unspecified atom stereocenters. The largest absolute Gasteiger partial charge is 0.479 e. The van der Waals surface area contributed by atoms with Gasteiger partial charge in [0.1, 0.15) is 0 Å². The normalized spacial score (nSPS) is 14.0. The predicted octanol–water partition coefficient (Wildman–Crippen LogP) is -1.38. The fraction of sp³-hybridized carbons (Fsp3) is 0.556. The van der Waals surface area contributed by atoms with E-state index in [1.54, 1.807) is 6.20 Å². The lowest BCUT2D eigenvalue weighted by atomic mass is 10.1. The van der Waals surface area contributed by atoms with E-state index in [2.05, 4.69) is 15.6 Å². The molecule has 8 nitrogen and oxygen atoms in total. The SMILES string of the molecule is CC(O)(CNC(=O)CCn1ccnn1)C(=O)O. The van der Waals surface area contributed by atoms with Crippen LogP contribution in [0.15, 0.2) is 12.4 Å². The average molecular weight is 242 g/mol. The first-order chi connectivity index (χ1) is 7.92. The quantitative estimate of drug-likeness (QED) is 0.566. The monoisotopic (exact) mass is 242 g/mol. The van der Waals surface area contributed by atoms with Crippen LogP contribution in [-0.2, 0) is 16.1 Å². The number of hydrogen-bond donors (Lipinski definition) is 3. The molecule has 0 fully saturated rings. The third kappa shape index (κ3) is 4.19. The molecule has 0 saturated carbocycles. The summed E-state index contributed by atoms with van der Waals surface area (Å²) < 4.78 is 1.48. The minimum Gasteiger partial charge on any atom is -0.479 e. The number of carbonyl (C=O) groups excluding carboxylic acids is 1. The van der Waals surface area contributed by atoms with Gasteiger partial charge in [-0.05, 0) is 6.92 Å². The van der Waals surface area contributed by atoms with Crippen LogP contribution in [0.25, 0.3) is 0 Å². The lowest BCUT2D eigenvalue weighted by molar-refractivity contribution is -0.156. The number of aryl methyl sites for hydroxylation is 1. The van der Waals surface area contributed by atoms with Crippen molar-refractivity contribution >= 4 is 11.9 Å². The average Bonchev–Trinajstić information content (AvgIpc) is 2.76. The van der Waals surface area contributed by atoms with Gasteiger partial charge in [-0.25, -0.2) is 4.79 Å². The van der Waals surface area contributed by atoms with Crippen molar-refractivity contribution in [2.24, 2.45) is 0 Å². The minimum atomic E-state index is -1.96. The number of nitrogens with one attached hydrogen (secondary N) is 1. The molecule has 0 aliphatic carbocycles. The van der Waals surface area contributed by atoms with E-state index in [0.29, 0.717) is 6.54 Å². The molecule has 3 N–H and O–H groups in total. The van der Waals surface area contributed by atoms with Gasteiger partial charge in [-0.2, -0.15) is 0 Å². The van der Waals surface area contributed by atoms with E-state index in [1.807, 2.05) is 0 Å². The van der Waals surface area contributed by atoms with Crippen LogP contribution < -0.4 is 5.32 Å². The maximum atomic E-state index is 11.3. The number of carboxylic acid groups (broad SMARTS) is 1. The van der Waals surface area contributed by atoms with Crippen molar-refractivity contribution in [1.29, 1.82) is 0 Å². The number of aliphatic carboxylic acids is 1. The molecule has 0 aliphatic rings. The molecule has 0 bridgehead atoms. The van der Waals surface area contributed by atoms with E-state index in [9.17, 15) is 14.7 Å². The molecule has 1 atom stereocenters. The molecule has 1 rings (SSSR count). The highest BCUT2D eigenvalue weighted by Gasteiger charge is 2.30. The molecule has 0 aliphatic heterocycles. The third-order valence-electron chi connectivity index (χ3n) is 2.13. The maximum Gasteiger partial charge on any atom is 0.337 e. The second kappa shape index (κ2) is 5.39. The predicted molar refractivity (Wildman–Crippen MR) is 55.9 cm³/mol. The summed E-state index contributed by atoms with van der Waals surface area (Å²) in [4.78, 5) is 21.9. The summed E-state index contributed by atoms with van der Waals surface area (Å²) >= 11 is 0. The molecule has 1 heterocycles. The Labute approximate surface area is 97.2 Å². The number of carboxylic acids is 1. The van der Waals surface area contributed by atoms with Crippen molar-refractivity contribution < 1.29 is 19.8 Å². The Balaban J connectivity index is 2.28. The second-order valence-corrected chi connectivity index (χ2v) is 3.77. The first-order valence-corrected chi connectivity index (χ1v) is 4.98. The van der Waals surface area contributed by atoms with Gasteiger partial charge in [0.15, 0.2) is 5.60 Å². The van der Waals surface area contributed by atoms with Gasteiger partial charge in [0.05, 0.1) is 19.3 Å². The van der Waals surface area contributed by atoms with Crippen LogP contribution in [0.5, 0.6) is 0 Å². The molecule has 94 valence electrons. The molecule has 0 saturated heterocycles. The van der Waals surface area contributed by atoms with Gasteiger partial charge in [-0.1, -0.05) is 5.21 Å². The van der Waals surface area contributed by atoms with Gasteiger partial charge < -0.3 is 15.5 Å². The van der Waals surface area contributed by atoms with Crippen molar-refractivity contribution in [3.05, 3.63) is 12.4 Å². The fourth-order valence-corrected chi connectivity index (χ4v) is 1.00. The summed E-state index contributed by atoms with van der Waals surface area (Å²) in [6.45, 7) is 1.13. The minimum absolute atomic E-state index is 0.138. The van der Waals surface area contributed by atoms with Crippen LogP contribution in [0.1, 0.15) is 13.3 Å². The van der Waals surface area contributed by atoms with Gasteiger partial charge in [-0.15, -0.1) is 5.10 Å². The summed E-state index contributed by atoms with van der Waals surface area (Å²) in [5.41, 5.74) is -1.96. The lowest BCUT2D eigenvalue weighted by Gasteiger charge is -2.18. The Bertz CT molecular complexity index is 388. The Morgan fingerprint density at radius 1 is 1.53 bits per heavy atom. The molecular formula is C9H14N4O4. The van der Waals surface area contributed by atoms with Crippen molar-refractivity contribution in [1.82, 2.24) is 20.3 Å². The van der Waals surface area contributed by atoms with Gasteiger partial charge in [0.25, 0.3) is 0 Å². The lowest BCUT2D eigenvalue weighted by Crippen LogP contribution is -2.46. The zero-order valence-electron chi connectivity index (χ0n) is 9.33. The molecule has 1 amide bonds. The number of nitrogens with zero attached hydrogens (tertiary/aromatic N) is 3. The number of hydrogen-bond acceptors (Lipinski definition) is 5. The number of aromatic nitrogens is 3. The smallest absolute Gasteiger partial charge is 0.337 e. The molecular weight excluding hydrogens is 228 g/mol. The standard InChI is InChI=1S/C9H14N4O4/c1-9(17,8(15)16)6-10-7(14)2-4-13-5-3-11-12-13/h3,5,17H,2,4,6H2,1H3,(H,10,14)(H,15,16). The highest BCUT2D eigenvalue weighted by atomic mass is 16.4.